The maximum absolute atomic E-state index is 11.5. The molecule has 0 aliphatic heterocycles. The van der Waals surface area contributed by atoms with Crippen molar-refractivity contribution in [2.45, 2.75) is 37.1 Å². The molecule has 0 aliphatic carbocycles. The van der Waals surface area contributed by atoms with Crippen molar-refractivity contribution in [1.29, 1.82) is 0 Å². The summed E-state index contributed by atoms with van der Waals surface area (Å²) in [5, 5.41) is 11.9. The summed E-state index contributed by atoms with van der Waals surface area (Å²) in [6.07, 6.45) is 3.37. The number of unbranched alkanes of at least 4 members (excludes halogenated alkanes) is 1. The maximum atomic E-state index is 11.5. The van der Waals surface area contributed by atoms with Crippen LogP contribution in [-0.4, -0.2) is 37.6 Å². The topological polar surface area (TPSA) is 108 Å². The highest BCUT2D eigenvalue weighted by Crippen LogP contribution is 2.13. The van der Waals surface area contributed by atoms with Crippen LogP contribution in [0.5, 0.6) is 0 Å². The van der Waals surface area contributed by atoms with Crippen LogP contribution in [0.2, 0.25) is 0 Å². The molecule has 1 aromatic heterocycles. The number of pyridine rings is 1. The second kappa shape index (κ2) is 7.20. The molecule has 0 radical (unpaired) electrons. The fourth-order valence-corrected chi connectivity index (χ4v) is 2.26. The molecule has 0 aromatic carbocycles. The number of nitrogens with zero attached hydrogens (tertiary/aromatic N) is 1. The number of carboxylic acid groups (broad SMARTS) is 1. The predicted molar refractivity (Wildman–Crippen MR) is 75.1 cm³/mol. The summed E-state index contributed by atoms with van der Waals surface area (Å²) in [6.45, 7) is 1.98. The third-order valence-electron chi connectivity index (χ3n) is 2.78. The van der Waals surface area contributed by atoms with E-state index in [4.69, 9.17) is 5.11 Å². The van der Waals surface area contributed by atoms with E-state index in [0.717, 1.165) is 12.8 Å². The molecule has 1 aromatic rings. The predicted octanol–water partition coefficient (Wildman–Crippen LogP) is 1.04. The molecule has 1 unspecified atom stereocenters. The molecule has 0 spiro atoms. The first-order valence-electron chi connectivity index (χ1n) is 6.29. The first-order valence-corrected chi connectivity index (χ1v) is 7.78. The van der Waals surface area contributed by atoms with Gasteiger partial charge in [-0.2, -0.15) is 0 Å². The minimum absolute atomic E-state index is 0.0333. The summed E-state index contributed by atoms with van der Waals surface area (Å²) >= 11 is 0. The minimum atomic E-state index is -3.53. The molecule has 7 nitrogen and oxygen atoms in total. The van der Waals surface area contributed by atoms with E-state index >= 15 is 0 Å². The number of aliphatic carboxylic acids is 1. The van der Waals surface area contributed by atoms with Gasteiger partial charge in [-0.15, -0.1) is 0 Å². The van der Waals surface area contributed by atoms with Crippen LogP contribution in [0.15, 0.2) is 23.2 Å². The zero-order chi connectivity index (χ0) is 15.2. The molecule has 0 fully saturated rings. The fourth-order valence-electron chi connectivity index (χ4n) is 1.59. The molecular formula is C12H19N3O4S. The standard InChI is InChI=1S/C12H19N3O4S/c1-3-4-5-10(12(16)17)15-11-7-6-9(8-14-11)20(18,19)13-2/h6-8,10,13H,3-5H2,1-2H3,(H,14,15)(H,16,17). The summed E-state index contributed by atoms with van der Waals surface area (Å²) in [6, 6.07) is 2.10. The van der Waals surface area contributed by atoms with Crippen molar-refractivity contribution in [2.24, 2.45) is 0 Å². The number of hydrogen-bond donors (Lipinski definition) is 3. The highest BCUT2D eigenvalue weighted by atomic mass is 32.2. The summed E-state index contributed by atoms with van der Waals surface area (Å²) < 4.78 is 25.2. The molecule has 0 saturated carbocycles. The number of nitrogens with one attached hydrogen (secondary N) is 2. The smallest absolute Gasteiger partial charge is 0.326 e. The van der Waals surface area contributed by atoms with E-state index in [1.54, 1.807) is 0 Å². The highest BCUT2D eigenvalue weighted by Gasteiger charge is 2.17. The van der Waals surface area contributed by atoms with Crippen LogP contribution in [0.4, 0.5) is 5.82 Å². The Bertz CT molecular complexity index is 542. The van der Waals surface area contributed by atoms with Crippen molar-refractivity contribution in [3.8, 4) is 0 Å². The monoisotopic (exact) mass is 301 g/mol. The van der Waals surface area contributed by atoms with Crippen molar-refractivity contribution < 1.29 is 18.3 Å². The van der Waals surface area contributed by atoms with E-state index in [0.29, 0.717) is 12.2 Å². The molecule has 0 saturated heterocycles. The normalized spacial score (nSPS) is 12.9. The molecule has 3 N–H and O–H groups in total. The summed E-state index contributed by atoms with van der Waals surface area (Å²) in [7, 11) is -2.22. The maximum Gasteiger partial charge on any atom is 0.326 e. The van der Waals surface area contributed by atoms with Gasteiger partial charge in [0.05, 0.1) is 0 Å². The van der Waals surface area contributed by atoms with Gasteiger partial charge in [-0.3, -0.25) is 0 Å². The zero-order valence-corrected chi connectivity index (χ0v) is 12.3. The Balaban J connectivity index is 2.80. The molecular weight excluding hydrogens is 282 g/mol. The summed E-state index contributed by atoms with van der Waals surface area (Å²) in [5.41, 5.74) is 0. The molecule has 8 heteroatoms. The van der Waals surface area contributed by atoms with E-state index in [9.17, 15) is 13.2 Å². The zero-order valence-electron chi connectivity index (χ0n) is 11.5. The van der Waals surface area contributed by atoms with Crippen molar-refractivity contribution in [3.63, 3.8) is 0 Å². The lowest BCUT2D eigenvalue weighted by Gasteiger charge is -2.14. The van der Waals surface area contributed by atoms with E-state index < -0.39 is 22.0 Å². The van der Waals surface area contributed by atoms with E-state index in [-0.39, 0.29) is 4.90 Å². The van der Waals surface area contributed by atoms with E-state index in [1.807, 2.05) is 6.92 Å². The first-order chi connectivity index (χ1) is 9.40. The third-order valence-corrected chi connectivity index (χ3v) is 4.18. The lowest BCUT2D eigenvalue weighted by atomic mass is 10.1. The Kier molecular flexibility index (Phi) is 5.90. The molecule has 20 heavy (non-hydrogen) atoms. The van der Waals surface area contributed by atoms with Gasteiger partial charge in [0.25, 0.3) is 0 Å². The lowest BCUT2D eigenvalue weighted by molar-refractivity contribution is -0.138. The number of aromatic nitrogens is 1. The van der Waals surface area contributed by atoms with Crippen LogP contribution in [-0.2, 0) is 14.8 Å². The Morgan fingerprint density at radius 1 is 1.45 bits per heavy atom. The van der Waals surface area contributed by atoms with Gasteiger partial charge in [0.15, 0.2) is 0 Å². The number of carboxylic acids is 1. The number of carbonyl (C=O) groups is 1. The average molecular weight is 301 g/mol. The van der Waals surface area contributed by atoms with Gasteiger partial charge < -0.3 is 10.4 Å². The molecule has 1 heterocycles. The van der Waals surface area contributed by atoms with Crippen molar-refractivity contribution >= 4 is 21.8 Å². The quantitative estimate of drug-likeness (QED) is 0.662. The number of anilines is 1. The third kappa shape index (κ3) is 4.46. The Morgan fingerprint density at radius 3 is 2.60 bits per heavy atom. The van der Waals surface area contributed by atoms with Crippen LogP contribution >= 0.6 is 0 Å². The largest absolute Gasteiger partial charge is 0.480 e. The van der Waals surface area contributed by atoms with E-state index in [2.05, 4.69) is 15.0 Å². The van der Waals surface area contributed by atoms with Gasteiger partial charge in [0, 0.05) is 6.20 Å². The van der Waals surface area contributed by atoms with E-state index in [1.165, 1.54) is 25.4 Å². The van der Waals surface area contributed by atoms with Gasteiger partial charge in [0.1, 0.15) is 16.8 Å². The van der Waals surface area contributed by atoms with Crippen LogP contribution in [0, 0.1) is 0 Å². The van der Waals surface area contributed by atoms with Crippen LogP contribution in [0.1, 0.15) is 26.2 Å². The van der Waals surface area contributed by atoms with Crippen LogP contribution in [0.25, 0.3) is 0 Å². The van der Waals surface area contributed by atoms with Crippen molar-refractivity contribution in [1.82, 2.24) is 9.71 Å². The SMILES string of the molecule is CCCCC(Nc1ccc(S(=O)(=O)NC)cn1)C(=O)O. The first kappa shape index (κ1) is 16.4. The molecule has 112 valence electrons. The Labute approximate surface area is 118 Å². The van der Waals surface area contributed by atoms with Gasteiger partial charge in [-0.1, -0.05) is 19.8 Å². The number of rotatable bonds is 8. The fraction of sp³-hybridized carbons (Fsp3) is 0.500. The van der Waals surface area contributed by atoms with Gasteiger partial charge in [0.2, 0.25) is 10.0 Å². The van der Waals surface area contributed by atoms with Crippen molar-refractivity contribution in [3.05, 3.63) is 18.3 Å². The molecule has 1 rings (SSSR count). The molecule has 0 bridgehead atoms. The van der Waals surface area contributed by atoms with Gasteiger partial charge in [-0.25, -0.2) is 22.9 Å². The number of hydrogen-bond acceptors (Lipinski definition) is 5. The summed E-state index contributed by atoms with van der Waals surface area (Å²) in [4.78, 5) is 15.0. The lowest BCUT2D eigenvalue weighted by Crippen LogP contribution is -2.29. The van der Waals surface area contributed by atoms with Gasteiger partial charge >= 0.3 is 5.97 Å². The van der Waals surface area contributed by atoms with Crippen LogP contribution < -0.4 is 10.0 Å². The molecule has 0 aliphatic rings. The average Bonchev–Trinajstić information content (AvgIpc) is 2.43. The Hall–Kier alpha value is -1.67. The molecule has 0 amide bonds. The van der Waals surface area contributed by atoms with Crippen LogP contribution in [0.3, 0.4) is 0 Å². The minimum Gasteiger partial charge on any atom is -0.480 e. The van der Waals surface area contributed by atoms with Gasteiger partial charge in [-0.05, 0) is 25.6 Å². The summed E-state index contributed by atoms with van der Waals surface area (Å²) in [5.74, 6) is -0.615. The highest BCUT2D eigenvalue weighted by molar-refractivity contribution is 7.89. The second-order valence-corrected chi connectivity index (χ2v) is 6.15. The number of sulfonamides is 1. The molecule has 1 atom stereocenters. The van der Waals surface area contributed by atoms with Crippen molar-refractivity contribution in [2.75, 3.05) is 12.4 Å². The second-order valence-electron chi connectivity index (χ2n) is 4.26. The Morgan fingerprint density at radius 2 is 2.15 bits per heavy atom.